The highest BCUT2D eigenvalue weighted by atomic mass is 79.9. The average molecular weight is 544 g/mol. The molecule has 1 aliphatic heterocycles. The number of hydrogen-bond donors (Lipinski definition) is 0. The van der Waals surface area contributed by atoms with Gasteiger partial charge in [-0.15, -0.1) is 0 Å². The van der Waals surface area contributed by atoms with Crippen molar-refractivity contribution in [2.75, 3.05) is 11.5 Å². The molecular weight excluding hydrogens is 518 g/mol. The van der Waals surface area contributed by atoms with Crippen molar-refractivity contribution in [3.8, 4) is 0 Å². The number of anilines is 1. The molecule has 1 fully saturated rings. The molecule has 0 saturated carbocycles. The number of rotatable bonds is 6. The molecule has 6 heteroatoms. The number of hydrogen-bond acceptors (Lipinski definition) is 4. The van der Waals surface area contributed by atoms with Gasteiger partial charge in [-0.05, 0) is 52.9 Å². The third-order valence-electron chi connectivity index (χ3n) is 7.86. The van der Waals surface area contributed by atoms with E-state index in [4.69, 9.17) is 4.74 Å². The minimum absolute atomic E-state index is 0.180. The third kappa shape index (κ3) is 3.16. The molecule has 36 heavy (non-hydrogen) atoms. The van der Waals surface area contributed by atoms with Gasteiger partial charge in [0, 0.05) is 5.92 Å². The second-order valence-electron chi connectivity index (χ2n) is 9.77. The molecule has 0 unspecified atom stereocenters. The van der Waals surface area contributed by atoms with E-state index in [2.05, 4.69) is 47.1 Å². The van der Waals surface area contributed by atoms with Crippen LogP contribution in [-0.2, 0) is 18.7 Å². The lowest BCUT2D eigenvalue weighted by Gasteiger charge is -2.51. The maximum absolute atomic E-state index is 14.0. The van der Waals surface area contributed by atoms with E-state index in [0.29, 0.717) is 17.9 Å². The summed E-state index contributed by atoms with van der Waals surface area (Å²) in [5, 5.41) is 0. The Morgan fingerprint density at radius 2 is 1.50 bits per heavy atom. The van der Waals surface area contributed by atoms with Gasteiger partial charge in [0.2, 0.25) is 11.8 Å². The molecule has 0 N–H and O–H groups in total. The van der Waals surface area contributed by atoms with Crippen LogP contribution in [0, 0.1) is 11.8 Å². The Balaban J connectivity index is 1.35. The maximum atomic E-state index is 14.0. The highest BCUT2D eigenvalue weighted by Crippen LogP contribution is 2.66. The van der Waals surface area contributed by atoms with E-state index in [9.17, 15) is 14.4 Å². The van der Waals surface area contributed by atoms with Crippen LogP contribution in [0.3, 0.4) is 0 Å². The van der Waals surface area contributed by atoms with Crippen molar-refractivity contribution < 1.29 is 19.1 Å². The number of benzene rings is 3. The van der Waals surface area contributed by atoms with Crippen molar-refractivity contribution >= 4 is 39.4 Å². The minimum atomic E-state index is -0.774. The van der Waals surface area contributed by atoms with Gasteiger partial charge in [0.25, 0.3) is 0 Å². The molecule has 1 heterocycles. The second-order valence-corrected chi connectivity index (χ2v) is 11.0. The fourth-order valence-corrected chi connectivity index (χ4v) is 7.48. The zero-order chi connectivity index (χ0) is 25.0. The van der Waals surface area contributed by atoms with E-state index in [1.165, 1.54) is 4.90 Å². The molecule has 5 nitrogen and oxygen atoms in total. The van der Waals surface area contributed by atoms with Crippen LogP contribution >= 0.6 is 15.9 Å². The normalized spacial score (nSPS) is 25.4. The highest BCUT2D eigenvalue weighted by molar-refractivity contribution is 9.09. The van der Waals surface area contributed by atoms with Crippen LogP contribution in [0.2, 0.25) is 0 Å². The molecule has 3 aromatic rings. The zero-order valence-electron chi connectivity index (χ0n) is 19.9. The molecule has 7 rings (SSSR count). The summed E-state index contributed by atoms with van der Waals surface area (Å²) in [5.41, 5.74) is 5.18. The fraction of sp³-hybridized carbons (Fsp3) is 0.300. The minimum Gasteiger partial charge on any atom is -0.462 e. The Labute approximate surface area is 218 Å². The molecular formula is C30H26BrNO4. The van der Waals surface area contributed by atoms with Gasteiger partial charge in [-0.3, -0.25) is 9.59 Å². The lowest BCUT2D eigenvalue weighted by Crippen LogP contribution is -2.50. The number of ether oxygens (including phenoxy) is 1. The van der Waals surface area contributed by atoms with Crippen LogP contribution in [0.25, 0.3) is 0 Å². The lowest BCUT2D eigenvalue weighted by molar-refractivity contribution is -0.122. The van der Waals surface area contributed by atoms with Crippen LogP contribution < -0.4 is 4.90 Å². The number of unbranched alkanes of at least 4 members (excludes halogenated alkanes) is 2. The molecule has 3 aliphatic carbocycles. The van der Waals surface area contributed by atoms with Crippen LogP contribution in [0.1, 0.15) is 64.7 Å². The number of amides is 2. The molecule has 1 saturated heterocycles. The van der Waals surface area contributed by atoms with Crippen molar-refractivity contribution in [3.05, 3.63) is 101 Å². The molecule has 0 aromatic heterocycles. The van der Waals surface area contributed by atoms with Crippen molar-refractivity contribution in [2.24, 2.45) is 11.8 Å². The Bertz CT molecular complexity index is 1330. The van der Waals surface area contributed by atoms with Gasteiger partial charge >= 0.3 is 5.97 Å². The molecule has 3 aromatic carbocycles. The summed E-state index contributed by atoms with van der Waals surface area (Å²) in [6.07, 6.45) is 2.90. The van der Waals surface area contributed by atoms with E-state index in [1.54, 1.807) is 24.3 Å². The number of halogens is 1. The zero-order valence-corrected chi connectivity index (χ0v) is 21.5. The summed E-state index contributed by atoms with van der Waals surface area (Å²) in [4.78, 5) is 41.6. The summed E-state index contributed by atoms with van der Waals surface area (Å²) >= 11 is 4.01. The Morgan fingerprint density at radius 1 is 0.889 bits per heavy atom. The SMILES string of the molecule is CCCCCOC(=O)c1ccc(N2C(=O)[C@@H]3[C@@H](C2=O)C2c4ccccc4C3(Br)c3ccccc32)cc1. The van der Waals surface area contributed by atoms with Crippen molar-refractivity contribution in [3.63, 3.8) is 0 Å². The van der Waals surface area contributed by atoms with Gasteiger partial charge in [0.15, 0.2) is 0 Å². The van der Waals surface area contributed by atoms with Gasteiger partial charge < -0.3 is 4.74 Å². The summed E-state index contributed by atoms with van der Waals surface area (Å²) in [6, 6.07) is 22.8. The summed E-state index contributed by atoms with van der Waals surface area (Å²) in [7, 11) is 0. The Kier molecular flexibility index (Phi) is 5.60. The second kappa shape index (κ2) is 8.70. The first kappa shape index (κ1) is 23.2. The monoisotopic (exact) mass is 543 g/mol. The number of imide groups is 1. The smallest absolute Gasteiger partial charge is 0.338 e. The van der Waals surface area contributed by atoms with Crippen LogP contribution in [0.15, 0.2) is 72.8 Å². The van der Waals surface area contributed by atoms with E-state index in [1.807, 2.05) is 24.3 Å². The first-order chi connectivity index (χ1) is 17.5. The molecule has 4 aliphatic rings. The van der Waals surface area contributed by atoms with E-state index in [0.717, 1.165) is 41.5 Å². The molecule has 182 valence electrons. The number of esters is 1. The first-order valence-corrected chi connectivity index (χ1v) is 13.3. The summed E-state index contributed by atoms with van der Waals surface area (Å²) in [5.74, 6) is -2.04. The quantitative estimate of drug-likeness (QED) is 0.167. The number of carbonyl (C=O) groups is 3. The molecule has 2 atom stereocenters. The van der Waals surface area contributed by atoms with Gasteiger partial charge in [-0.2, -0.15) is 0 Å². The fourth-order valence-electron chi connectivity index (χ4n) is 6.28. The number of carbonyl (C=O) groups excluding carboxylic acids is 3. The highest BCUT2D eigenvalue weighted by Gasteiger charge is 2.67. The number of alkyl halides is 1. The third-order valence-corrected chi connectivity index (χ3v) is 9.20. The average Bonchev–Trinajstić information content (AvgIpc) is 3.18. The van der Waals surface area contributed by atoms with E-state index in [-0.39, 0.29) is 17.7 Å². The van der Waals surface area contributed by atoms with Crippen molar-refractivity contribution in [1.29, 1.82) is 0 Å². The van der Waals surface area contributed by atoms with E-state index < -0.39 is 22.1 Å². The topological polar surface area (TPSA) is 63.7 Å². The van der Waals surface area contributed by atoms with Gasteiger partial charge in [0.1, 0.15) is 0 Å². The van der Waals surface area contributed by atoms with Crippen LogP contribution in [0.4, 0.5) is 5.69 Å². The predicted octanol–water partition coefficient (Wildman–Crippen LogP) is 5.94. The van der Waals surface area contributed by atoms with Gasteiger partial charge in [-0.1, -0.05) is 84.2 Å². The van der Waals surface area contributed by atoms with Crippen LogP contribution in [-0.4, -0.2) is 24.4 Å². The Morgan fingerprint density at radius 3 is 2.11 bits per heavy atom. The first-order valence-electron chi connectivity index (χ1n) is 12.5. The lowest BCUT2D eigenvalue weighted by atomic mass is 9.55. The van der Waals surface area contributed by atoms with Crippen molar-refractivity contribution in [2.45, 2.75) is 36.4 Å². The number of nitrogens with zero attached hydrogens (tertiary/aromatic N) is 1. The standard InChI is InChI=1S/C30H26BrNO4/c1-2-3-8-17-36-29(35)18-13-15-19(16-14-18)32-27(33)25-24-20-9-4-6-11-22(20)30(31,26(25)28(32)34)23-12-7-5-10-21(23)24/h4-7,9-16,24-26H,2-3,8,17H2,1H3/t24?,25-,26-,30?/m0/s1. The van der Waals surface area contributed by atoms with Gasteiger partial charge in [-0.25, -0.2) is 9.69 Å². The summed E-state index contributed by atoms with van der Waals surface area (Å²) in [6.45, 7) is 2.48. The maximum Gasteiger partial charge on any atom is 0.338 e. The van der Waals surface area contributed by atoms with E-state index >= 15 is 0 Å². The molecule has 2 amide bonds. The molecule has 2 bridgehead atoms. The molecule has 0 radical (unpaired) electrons. The Hall–Kier alpha value is -3.25. The van der Waals surface area contributed by atoms with Crippen LogP contribution in [0.5, 0.6) is 0 Å². The van der Waals surface area contributed by atoms with Crippen molar-refractivity contribution in [1.82, 2.24) is 0 Å². The molecule has 0 spiro atoms. The predicted molar refractivity (Wildman–Crippen MR) is 140 cm³/mol. The summed E-state index contributed by atoms with van der Waals surface area (Å²) < 4.78 is 4.57. The largest absolute Gasteiger partial charge is 0.462 e. The van der Waals surface area contributed by atoms with Gasteiger partial charge in [0.05, 0.1) is 34.0 Å².